The van der Waals surface area contributed by atoms with Gasteiger partial charge in [-0.2, -0.15) is 5.10 Å². The Morgan fingerprint density at radius 3 is 2.58 bits per heavy atom. The summed E-state index contributed by atoms with van der Waals surface area (Å²) in [7, 11) is 0. The second-order valence-corrected chi connectivity index (χ2v) is 8.10. The predicted molar refractivity (Wildman–Crippen MR) is 100 cm³/mol. The van der Waals surface area contributed by atoms with Gasteiger partial charge in [0, 0.05) is 29.1 Å². The van der Waals surface area contributed by atoms with Crippen LogP contribution in [0.25, 0.3) is 5.52 Å². The Bertz CT molecular complexity index is 712. The van der Waals surface area contributed by atoms with Gasteiger partial charge in [0.2, 0.25) is 0 Å². The van der Waals surface area contributed by atoms with E-state index in [9.17, 15) is 4.79 Å². The average molecular weight is 395 g/mol. The summed E-state index contributed by atoms with van der Waals surface area (Å²) >= 11 is 3.52. The summed E-state index contributed by atoms with van der Waals surface area (Å²) in [5.74, 6) is 0.860. The highest BCUT2D eigenvalue weighted by Gasteiger charge is 2.25. The summed E-state index contributed by atoms with van der Waals surface area (Å²) < 4.78 is 3.13. The summed E-state index contributed by atoms with van der Waals surface area (Å²) in [4.78, 5) is 10.7. The first kappa shape index (κ1) is 19.1. The minimum atomic E-state index is -0.826. The number of carbonyl (C=O) groups excluding carboxylic acids is 1. The number of halogens is 1. The van der Waals surface area contributed by atoms with E-state index in [1.807, 2.05) is 16.8 Å². The lowest BCUT2D eigenvalue weighted by molar-refractivity contribution is -0.122. The van der Waals surface area contributed by atoms with E-state index in [1.54, 1.807) is 20.8 Å². The third-order valence-corrected chi connectivity index (χ3v) is 4.85. The Labute approximate surface area is 152 Å². The molecule has 1 aliphatic carbocycles. The van der Waals surface area contributed by atoms with Crippen molar-refractivity contribution in [2.75, 3.05) is 0 Å². The molecule has 4 nitrogen and oxygen atoms in total. The van der Waals surface area contributed by atoms with E-state index in [1.165, 1.54) is 36.0 Å². The van der Waals surface area contributed by atoms with Crippen LogP contribution in [0.4, 0.5) is 0 Å². The predicted octanol–water partition coefficient (Wildman–Crippen LogP) is 4.80. The molecule has 1 aliphatic rings. The Hall–Kier alpha value is -1.20. The SMILES string of the molecule is CCC(=O)CC(C)(C)O.Cc1nn2ccc(Br)cc2c1C1CCC1. The van der Waals surface area contributed by atoms with Gasteiger partial charge in [-0.05, 0) is 51.7 Å². The lowest BCUT2D eigenvalue weighted by atomic mass is 9.79. The van der Waals surface area contributed by atoms with Gasteiger partial charge in [0.15, 0.2) is 0 Å². The van der Waals surface area contributed by atoms with Gasteiger partial charge in [0.05, 0.1) is 16.8 Å². The van der Waals surface area contributed by atoms with Crippen molar-refractivity contribution < 1.29 is 9.90 Å². The lowest BCUT2D eigenvalue weighted by Crippen LogP contribution is -2.22. The number of aliphatic hydroxyl groups is 1. The smallest absolute Gasteiger partial charge is 0.135 e. The molecule has 3 rings (SSSR count). The minimum Gasteiger partial charge on any atom is -0.390 e. The molecule has 0 aliphatic heterocycles. The van der Waals surface area contributed by atoms with Gasteiger partial charge in [-0.3, -0.25) is 4.79 Å². The first-order valence-electron chi connectivity index (χ1n) is 8.59. The van der Waals surface area contributed by atoms with E-state index in [0.717, 1.165) is 10.4 Å². The van der Waals surface area contributed by atoms with Gasteiger partial charge >= 0.3 is 0 Å². The Morgan fingerprint density at radius 2 is 2.12 bits per heavy atom. The summed E-state index contributed by atoms with van der Waals surface area (Å²) in [6.45, 7) is 7.20. The average Bonchev–Trinajstić information content (AvgIpc) is 2.73. The van der Waals surface area contributed by atoms with Crippen molar-refractivity contribution in [3.8, 4) is 0 Å². The molecule has 0 radical (unpaired) electrons. The summed E-state index contributed by atoms with van der Waals surface area (Å²) in [6, 6.07) is 4.21. The number of fused-ring (bicyclic) bond motifs is 1. The van der Waals surface area contributed by atoms with E-state index >= 15 is 0 Å². The number of aryl methyl sites for hydroxylation is 1. The highest BCUT2D eigenvalue weighted by molar-refractivity contribution is 9.10. The second kappa shape index (κ2) is 7.79. The van der Waals surface area contributed by atoms with Gasteiger partial charge in [-0.1, -0.05) is 29.3 Å². The van der Waals surface area contributed by atoms with Crippen LogP contribution in [0, 0.1) is 6.92 Å². The summed E-state index contributed by atoms with van der Waals surface area (Å²) in [5.41, 5.74) is 3.10. The number of carbonyl (C=O) groups is 1. The van der Waals surface area contributed by atoms with Gasteiger partial charge in [0.25, 0.3) is 0 Å². The number of hydrogen-bond donors (Lipinski definition) is 1. The lowest BCUT2D eigenvalue weighted by Gasteiger charge is -2.25. The third kappa shape index (κ3) is 4.90. The largest absolute Gasteiger partial charge is 0.390 e. The fourth-order valence-electron chi connectivity index (χ4n) is 2.97. The fraction of sp³-hybridized carbons (Fsp3) is 0.579. The van der Waals surface area contributed by atoms with Gasteiger partial charge in [-0.25, -0.2) is 4.52 Å². The van der Waals surface area contributed by atoms with Crippen LogP contribution in [0.15, 0.2) is 22.8 Å². The number of aromatic nitrogens is 2. The molecular weight excluding hydrogens is 368 g/mol. The van der Waals surface area contributed by atoms with E-state index in [4.69, 9.17) is 5.11 Å². The Balaban J connectivity index is 0.000000202. The van der Waals surface area contributed by atoms with E-state index in [2.05, 4.69) is 34.0 Å². The highest BCUT2D eigenvalue weighted by Crippen LogP contribution is 2.40. The molecule has 2 aromatic rings. The maximum atomic E-state index is 10.7. The number of Topliss-reactive ketones (excluding diaryl/α,β-unsaturated/α-hetero) is 1. The molecule has 0 amide bonds. The van der Waals surface area contributed by atoms with Gasteiger partial charge < -0.3 is 5.11 Å². The quantitative estimate of drug-likeness (QED) is 0.809. The zero-order valence-corrected chi connectivity index (χ0v) is 16.6. The van der Waals surface area contributed by atoms with Crippen LogP contribution in [0.2, 0.25) is 0 Å². The van der Waals surface area contributed by atoms with Crippen LogP contribution in [0.3, 0.4) is 0 Å². The van der Waals surface area contributed by atoms with Crippen molar-refractivity contribution in [3.05, 3.63) is 34.1 Å². The van der Waals surface area contributed by atoms with Crippen molar-refractivity contribution in [1.29, 1.82) is 0 Å². The fourth-order valence-corrected chi connectivity index (χ4v) is 3.30. The van der Waals surface area contributed by atoms with Crippen LogP contribution < -0.4 is 0 Å². The molecule has 2 aromatic heterocycles. The summed E-state index contributed by atoms with van der Waals surface area (Å²) in [5, 5.41) is 13.7. The van der Waals surface area contributed by atoms with Crippen molar-refractivity contribution >= 4 is 27.2 Å². The molecule has 1 saturated carbocycles. The molecule has 0 aromatic carbocycles. The molecule has 132 valence electrons. The molecule has 0 unspecified atom stereocenters. The molecule has 1 fully saturated rings. The van der Waals surface area contributed by atoms with Crippen molar-refractivity contribution in [2.45, 2.75) is 71.3 Å². The topological polar surface area (TPSA) is 54.6 Å². The second-order valence-electron chi connectivity index (χ2n) is 7.18. The molecule has 2 heterocycles. The van der Waals surface area contributed by atoms with Crippen LogP contribution in [0.5, 0.6) is 0 Å². The standard InChI is InChI=1S/C12H13BrN2.C7H14O2/c1-8-12(9-3-2-4-9)11-7-10(13)5-6-15(11)14-8;1-4-6(8)5-7(2,3)9/h5-7,9H,2-4H2,1H3;9H,4-5H2,1-3H3. The Kier molecular flexibility index (Phi) is 6.21. The van der Waals surface area contributed by atoms with Crippen LogP contribution in [-0.4, -0.2) is 26.1 Å². The molecule has 0 atom stereocenters. The zero-order valence-electron chi connectivity index (χ0n) is 15.0. The normalized spacial score (nSPS) is 14.9. The number of pyridine rings is 1. The molecule has 0 saturated heterocycles. The zero-order chi connectivity index (χ0) is 17.9. The molecular formula is C19H27BrN2O2. The van der Waals surface area contributed by atoms with Gasteiger partial charge in [0.1, 0.15) is 5.78 Å². The minimum absolute atomic E-state index is 0.113. The maximum absolute atomic E-state index is 10.7. The molecule has 5 heteroatoms. The highest BCUT2D eigenvalue weighted by atomic mass is 79.9. The van der Waals surface area contributed by atoms with E-state index in [0.29, 0.717) is 6.42 Å². The van der Waals surface area contributed by atoms with Crippen LogP contribution in [0.1, 0.15) is 70.1 Å². The van der Waals surface area contributed by atoms with Crippen molar-refractivity contribution in [2.24, 2.45) is 0 Å². The first-order chi connectivity index (χ1) is 11.2. The number of rotatable bonds is 4. The van der Waals surface area contributed by atoms with Crippen molar-refractivity contribution in [3.63, 3.8) is 0 Å². The third-order valence-electron chi connectivity index (χ3n) is 4.36. The number of nitrogens with zero attached hydrogens (tertiary/aromatic N) is 2. The van der Waals surface area contributed by atoms with Gasteiger partial charge in [-0.15, -0.1) is 0 Å². The van der Waals surface area contributed by atoms with E-state index in [-0.39, 0.29) is 12.2 Å². The summed E-state index contributed by atoms with van der Waals surface area (Å²) in [6.07, 6.45) is 6.83. The Morgan fingerprint density at radius 1 is 1.46 bits per heavy atom. The molecule has 0 bridgehead atoms. The van der Waals surface area contributed by atoms with Crippen molar-refractivity contribution in [1.82, 2.24) is 9.61 Å². The maximum Gasteiger partial charge on any atom is 0.135 e. The van der Waals surface area contributed by atoms with Crippen LogP contribution >= 0.6 is 15.9 Å². The molecule has 24 heavy (non-hydrogen) atoms. The number of ketones is 1. The number of hydrogen-bond acceptors (Lipinski definition) is 3. The monoisotopic (exact) mass is 394 g/mol. The van der Waals surface area contributed by atoms with E-state index < -0.39 is 5.60 Å². The first-order valence-corrected chi connectivity index (χ1v) is 9.39. The molecule has 0 spiro atoms. The van der Waals surface area contributed by atoms with Crippen LogP contribution in [-0.2, 0) is 4.79 Å². The molecule has 1 N–H and O–H groups in total.